The number of piperazine rings is 1. The quantitative estimate of drug-likeness (QED) is 0.828. The highest BCUT2D eigenvalue weighted by Crippen LogP contribution is 2.27. The van der Waals surface area contributed by atoms with E-state index in [9.17, 15) is 4.79 Å². The molecule has 0 radical (unpaired) electrons. The molecule has 1 saturated heterocycles. The topological polar surface area (TPSA) is 54.0 Å². The number of amides is 2. The number of ether oxygens (including phenoxy) is 2. The highest BCUT2D eigenvalue weighted by Gasteiger charge is 2.20. The van der Waals surface area contributed by atoms with Crippen molar-refractivity contribution in [1.29, 1.82) is 0 Å². The first kappa shape index (κ1) is 18.4. The van der Waals surface area contributed by atoms with Crippen molar-refractivity contribution in [3.8, 4) is 11.5 Å². The third kappa shape index (κ3) is 5.03. The summed E-state index contributed by atoms with van der Waals surface area (Å²) < 4.78 is 10.6. The molecule has 1 aliphatic rings. The second-order valence-corrected chi connectivity index (χ2v) is 6.00. The van der Waals surface area contributed by atoms with E-state index in [0.717, 1.165) is 63.6 Å². The van der Waals surface area contributed by atoms with Crippen molar-refractivity contribution in [2.24, 2.45) is 0 Å². The van der Waals surface area contributed by atoms with Crippen molar-refractivity contribution < 1.29 is 14.3 Å². The van der Waals surface area contributed by atoms with Crippen molar-refractivity contribution in [3.63, 3.8) is 0 Å². The van der Waals surface area contributed by atoms with E-state index in [-0.39, 0.29) is 6.03 Å². The van der Waals surface area contributed by atoms with E-state index in [1.807, 2.05) is 17.0 Å². The van der Waals surface area contributed by atoms with Gasteiger partial charge >= 0.3 is 6.03 Å². The van der Waals surface area contributed by atoms with Gasteiger partial charge in [-0.2, -0.15) is 0 Å². The van der Waals surface area contributed by atoms with Crippen molar-refractivity contribution in [2.45, 2.75) is 19.8 Å². The number of carbonyl (C=O) groups excluding carboxylic acids is 1. The zero-order valence-corrected chi connectivity index (χ0v) is 15.0. The van der Waals surface area contributed by atoms with Gasteiger partial charge in [0.25, 0.3) is 0 Å². The molecule has 1 aromatic rings. The molecule has 0 aliphatic carbocycles. The maximum atomic E-state index is 11.9. The number of benzene rings is 1. The molecule has 1 N–H and O–H groups in total. The van der Waals surface area contributed by atoms with Gasteiger partial charge in [0.15, 0.2) is 11.5 Å². The predicted molar refractivity (Wildman–Crippen MR) is 95.0 cm³/mol. The van der Waals surface area contributed by atoms with E-state index < -0.39 is 0 Å². The minimum Gasteiger partial charge on any atom is -0.493 e. The molecule has 6 heteroatoms. The van der Waals surface area contributed by atoms with Crippen LogP contribution in [0.4, 0.5) is 4.79 Å². The first-order chi connectivity index (χ1) is 11.7. The summed E-state index contributed by atoms with van der Waals surface area (Å²) in [5, 5.41) is 2.94. The summed E-state index contributed by atoms with van der Waals surface area (Å²) in [7, 11) is 3.30. The largest absolute Gasteiger partial charge is 0.493 e. The van der Waals surface area contributed by atoms with Gasteiger partial charge in [0, 0.05) is 39.3 Å². The number of methoxy groups -OCH3 is 2. The van der Waals surface area contributed by atoms with Crippen molar-refractivity contribution >= 4 is 6.03 Å². The van der Waals surface area contributed by atoms with Crippen LogP contribution in [0.2, 0.25) is 0 Å². The lowest BCUT2D eigenvalue weighted by Crippen LogP contribution is -2.52. The molecule has 2 rings (SSSR count). The number of hydrogen-bond acceptors (Lipinski definition) is 4. The summed E-state index contributed by atoms with van der Waals surface area (Å²) in [5.74, 6) is 1.53. The molecule has 6 nitrogen and oxygen atoms in total. The number of rotatable bonds is 7. The number of hydrogen-bond donors (Lipinski definition) is 1. The molecule has 1 aromatic carbocycles. The van der Waals surface area contributed by atoms with E-state index in [1.165, 1.54) is 5.56 Å². The molecule has 24 heavy (non-hydrogen) atoms. The van der Waals surface area contributed by atoms with Crippen LogP contribution in [-0.4, -0.2) is 69.3 Å². The van der Waals surface area contributed by atoms with Crippen LogP contribution in [0, 0.1) is 0 Å². The van der Waals surface area contributed by atoms with Gasteiger partial charge < -0.3 is 19.7 Å². The summed E-state index contributed by atoms with van der Waals surface area (Å²) in [6, 6.07) is 6.13. The average Bonchev–Trinajstić information content (AvgIpc) is 2.64. The molecule has 0 bridgehead atoms. The van der Waals surface area contributed by atoms with Gasteiger partial charge in [-0.3, -0.25) is 4.90 Å². The van der Waals surface area contributed by atoms with Crippen molar-refractivity contribution in [1.82, 2.24) is 15.1 Å². The second-order valence-electron chi connectivity index (χ2n) is 6.00. The Labute approximate surface area is 144 Å². The van der Waals surface area contributed by atoms with Crippen LogP contribution in [0.3, 0.4) is 0 Å². The van der Waals surface area contributed by atoms with E-state index in [0.29, 0.717) is 0 Å². The molecule has 1 fully saturated rings. The zero-order chi connectivity index (χ0) is 17.4. The second kappa shape index (κ2) is 9.37. The Balaban J connectivity index is 1.77. The van der Waals surface area contributed by atoms with Crippen LogP contribution in [0.1, 0.15) is 18.9 Å². The van der Waals surface area contributed by atoms with E-state index in [4.69, 9.17) is 9.47 Å². The first-order valence-corrected chi connectivity index (χ1v) is 8.64. The van der Waals surface area contributed by atoms with Crippen LogP contribution in [-0.2, 0) is 6.42 Å². The first-order valence-electron chi connectivity index (χ1n) is 8.64. The molecule has 0 saturated carbocycles. The lowest BCUT2D eigenvalue weighted by atomic mass is 10.1. The summed E-state index contributed by atoms with van der Waals surface area (Å²) in [5.41, 5.74) is 1.23. The summed E-state index contributed by atoms with van der Waals surface area (Å²) in [4.78, 5) is 16.3. The molecule has 1 aliphatic heterocycles. The van der Waals surface area contributed by atoms with Gasteiger partial charge in [-0.1, -0.05) is 13.0 Å². The van der Waals surface area contributed by atoms with Gasteiger partial charge in [-0.15, -0.1) is 0 Å². The fourth-order valence-corrected chi connectivity index (χ4v) is 2.84. The number of nitrogens with zero attached hydrogens (tertiary/aromatic N) is 2. The lowest BCUT2D eigenvalue weighted by molar-refractivity contribution is 0.140. The maximum Gasteiger partial charge on any atom is 0.317 e. The third-order valence-electron chi connectivity index (χ3n) is 4.35. The van der Waals surface area contributed by atoms with Crippen molar-refractivity contribution in [3.05, 3.63) is 23.8 Å². The van der Waals surface area contributed by atoms with Crippen LogP contribution < -0.4 is 14.8 Å². The SMILES string of the molecule is CCCNC(=O)N1CCN(CCc2ccc(OC)c(OC)c2)CC1. The predicted octanol–water partition coefficient (Wildman–Crippen LogP) is 1.98. The molecule has 0 aromatic heterocycles. The summed E-state index contributed by atoms with van der Waals surface area (Å²) >= 11 is 0. The van der Waals surface area contributed by atoms with Crippen LogP contribution in [0.25, 0.3) is 0 Å². The Morgan fingerprint density at radius 1 is 1.12 bits per heavy atom. The average molecular weight is 335 g/mol. The molecular formula is C18H29N3O3. The van der Waals surface area contributed by atoms with E-state index in [1.54, 1.807) is 14.2 Å². The van der Waals surface area contributed by atoms with E-state index >= 15 is 0 Å². The molecule has 0 atom stereocenters. The number of carbonyl (C=O) groups is 1. The normalized spacial score (nSPS) is 15.2. The highest BCUT2D eigenvalue weighted by molar-refractivity contribution is 5.74. The third-order valence-corrected chi connectivity index (χ3v) is 4.35. The zero-order valence-electron chi connectivity index (χ0n) is 15.0. The Morgan fingerprint density at radius 3 is 2.46 bits per heavy atom. The van der Waals surface area contributed by atoms with Crippen LogP contribution in [0.15, 0.2) is 18.2 Å². The van der Waals surface area contributed by atoms with Gasteiger partial charge in [0.05, 0.1) is 14.2 Å². The molecule has 1 heterocycles. The minimum absolute atomic E-state index is 0.0661. The van der Waals surface area contributed by atoms with Gasteiger partial charge in [0.1, 0.15) is 0 Å². The van der Waals surface area contributed by atoms with Gasteiger partial charge in [-0.05, 0) is 30.5 Å². The molecule has 0 spiro atoms. The molecule has 134 valence electrons. The standard InChI is InChI=1S/C18H29N3O3/c1-4-8-19-18(22)21-12-10-20(11-13-21)9-7-15-5-6-16(23-2)17(14-15)24-3/h5-6,14H,4,7-13H2,1-3H3,(H,19,22). The fraction of sp³-hybridized carbons (Fsp3) is 0.611. The molecular weight excluding hydrogens is 306 g/mol. The number of urea groups is 1. The molecule has 2 amide bonds. The number of nitrogens with one attached hydrogen (secondary N) is 1. The Morgan fingerprint density at radius 2 is 1.83 bits per heavy atom. The lowest BCUT2D eigenvalue weighted by Gasteiger charge is -2.34. The van der Waals surface area contributed by atoms with Crippen molar-refractivity contribution in [2.75, 3.05) is 53.5 Å². The maximum absolute atomic E-state index is 11.9. The van der Waals surface area contributed by atoms with Crippen LogP contribution >= 0.6 is 0 Å². The van der Waals surface area contributed by atoms with Gasteiger partial charge in [0.2, 0.25) is 0 Å². The summed E-state index contributed by atoms with van der Waals surface area (Å²) in [6.45, 7) is 7.23. The summed E-state index contributed by atoms with van der Waals surface area (Å²) in [6.07, 6.45) is 1.93. The fourth-order valence-electron chi connectivity index (χ4n) is 2.84. The van der Waals surface area contributed by atoms with Gasteiger partial charge in [-0.25, -0.2) is 4.79 Å². The Bertz CT molecular complexity index is 528. The molecule has 0 unspecified atom stereocenters. The smallest absolute Gasteiger partial charge is 0.317 e. The Kier molecular flexibility index (Phi) is 7.18. The Hall–Kier alpha value is -1.95. The highest BCUT2D eigenvalue weighted by atomic mass is 16.5. The van der Waals surface area contributed by atoms with E-state index in [2.05, 4.69) is 23.2 Å². The minimum atomic E-state index is 0.0661. The van der Waals surface area contributed by atoms with Crippen LogP contribution in [0.5, 0.6) is 11.5 Å². The monoisotopic (exact) mass is 335 g/mol.